The van der Waals surface area contributed by atoms with E-state index in [4.69, 9.17) is 15.7 Å². The highest BCUT2D eigenvalue weighted by Gasteiger charge is 2.34. The number of amides is 2. The Kier molecular flexibility index (Phi) is 5.73. The van der Waals surface area contributed by atoms with E-state index in [9.17, 15) is 9.59 Å². The van der Waals surface area contributed by atoms with Crippen LogP contribution < -0.4 is 10.5 Å². The highest BCUT2D eigenvalue weighted by Crippen LogP contribution is 2.30. The number of nitrogens with zero attached hydrogens (tertiary/aromatic N) is 4. The number of nitriles is 1. The molecule has 3 aromatic rings. The third-order valence-electron chi connectivity index (χ3n) is 5.27. The zero-order valence-electron chi connectivity index (χ0n) is 17.4. The first-order valence-electron chi connectivity index (χ1n) is 10.1. The number of ether oxygens (including phenoxy) is 1. The number of carbonyl (C=O) groups is 2. The maximum Gasteiger partial charge on any atom is 0.264 e. The lowest BCUT2D eigenvalue weighted by molar-refractivity contribution is -0.132. The number of nitrogens with two attached hydrogens (primary N) is 1. The van der Waals surface area contributed by atoms with Crippen LogP contribution in [0.25, 0.3) is 11.3 Å². The molecule has 32 heavy (non-hydrogen) atoms. The van der Waals surface area contributed by atoms with Gasteiger partial charge in [-0.3, -0.25) is 14.3 Å². The van der Waals surface area contributed by atoms with Gasteiger partial charge in [-0.15, -0.1) is 0 Å². The molecule has 1 aliphatic rings. The Morgan fingerprint density at radius 3 is 2.38 bits per heavy atom. The molecule has 2 aromatic carbocycles. The fourth-order valence-corrected chi connectivity index (χ4v) is 3.47. The third-order valence-corrected chi connectivity index (χ3v) is 5.27. The lowest BCUT2D eigenvalue weighted by Gasteiger charge is -2.39. The van der Waals surface area contributed by atoms with E-state index in [1.54, 1.807) is 34.8 Å². The molecule has 2 amide bonds. The summed E-state index contributed by atoms with van der Waals surface area (Å²) in [5.41, 5.74) is 7.20. The van der Waals surface area contributed by atoms with Crippen molar-refractivity contribution in [3.05, 3.63) is 78.0 Å². The number of benzene rings is 2. The van der Waals surface area contributed by atoms with Crippen molar-refractivity contribution >= 4 is 11.8 Å². The van der Waals surface area contributed by atoms with E-state index in [1.807, 2.05) is 48.5 Å². The molecule has 0 aliphatic carbocycles. The molecule has 2 N–H and O–H groups in total. The average Bonchev–Trinajstić information content (AvgIpc) is 3.20. The summed E-state index contributed by atoms with van der Waals surface area (Å²) in [5.74, 6) is 0.501. The van der Waals surface area contributed by atoms with Crippen molar-refractivity contribution in [2.45, 2.75) is 13.0 Å². The van der Waals surface area contributed by atoms with Crippen LogP contribution in [0.2, 0.25) is 0 Å². The van der Waals surface area contributed by atoms with E-state index in [2.05, 4.69) is 5.10 Å². The third kappa shape index (κ3) is 4.09. The molecule has 4 rings (SSSR count). The van der Waals surface area contributed by atoms with E-state index in [1.165, 1.54) is 6.08 Å². The van der Waals surface area contributed by atoms with Crippen LogP contribution in [0.15, 0.2) is 72.4 Å². The van der Waals surface area contributed by atoms with Crippen LogP contribution in [0.1, 0.15) is 23.3 Å². The van der Waals surface area contributed by atoms with Gasteiger partial charge in [0.15, 0.2) is 0 Å². The minimum absolute atomic E-state index is 0.0942. The molecule has 0 spiro atoms. The van der Waals surface area contributed by atoms with Crippen molar-refractivity contribution in [3.63, 3.8) is 0 Å². The highest BCUT2D eigenvalue weighted by atomic mass is 16.5. The first-order valence-corrected chi connectivity index (χ1v) is 10.1. The van der Waals surface area contributed by atoms with Gasteiger partial charge >= 0.3 is 0 Å². The summed E-state index contributed by atoms with van der Waals surface area (Å²) in [5, 5.41) is 13.6. The fraction of sp³-hybridized carbons (Fsp3) is 0.167. The Morgan fingerprint density at radius 1 is 1.12 bits per heavy atom. The van der Waals surface area contributed by atoms with Crippen LogP contribution in [-0.4, -0.2) is 39.6 Å². The van der Waals surface area contributed by atoms with Crippen molar-refractivity contribution in [2.24, 2.45) is 5.73 Å². The molecule has 8 heteroatoms. The molecule has 8 nitrogen and oxygen atoms in total. The molecule has 1 fully saturated rings. The molecule has 0 atom stereocenters. The Labute approximate surface area is 185 Å². The fourth-order valence-electron chi connectivity index (χ4n) is 3.47. The summed E-state index contributed by atoms with van der Waals surface area (Å²) in [6.07, 6.45) is 3.11. The maximum absolute atomic E-state index is 12.2. The summed E-state index contributed by atoms with van der Waals surface area (Å²) in [6.45, 7) is 2.46. The van der Waals surface area contributed by atoms with Gasteiger partial charge < -0.3 is 15.4 Å². The Hall–Kier alpha value is -4.38. The SMILES string of the molecule is CC=C(C#N)C(=O)N1CC(n2cc(C(N)=O)c(-c3ccc(Oc4ccccc4)cc3)n2)C1. The minimum atomic E-state index is -0.580. The molecule has 0 radical (unpaired) electrons. The van der Waals surface area contributed by atoms with E-state index in [-0.39, 0.29) is 17.5 Å². The van der Waals surface area contributed by atoms with Crippen LogP contribution in [0.4, 0.5) is 0 Å². The summed E-state index contributed by atoms with van der Waals surface area (Å²) in [7, 11) is 0. The normalized spacial score (nSPS) is 13.9. The Bertz CT molecular complexity index is 1220. The molecular formula is C24H21N5O3. The van der Waals surface area contributed by atoms with Gasteiger partial charge in [0.05, 0.1) is 11.6 Å². The molecule has 1 aliphatic heterocycles. The highest BCUT2D eigenvalue weighted by molar-refractivity contribution is 5.99. The predicted molar refractivity (Wildman–Crippen MR) is 118 cm³/mol. The number of allylic oxidation sites excluding steroid dienone is 1. The zero-order valence-corrected chi connectivity index (χ0v) is 17.4. The van der Waals surface area contributed by atoms with Gasteiger partial charge in [0.2, 0.25) is 0 Å². The van der Waals surface area contributed by atoms with E-state index in [0.717, 1.165) is 11.3 Å². The van der Waals surface area contributed by atoms with Gasteiger partial charge in [0.1, 0.15) is 28.8 Å². The molecule has 1 aromatic heterocycles. The molecule has 160 valence electrons. The zero-order chi connectivity index (χ0) is 22.7. The number of carbonyl (C=O) groups excluding carboxylic acids is 2. The van der Waals surface area contributed by atoms with E-state index < -0.39 is 5.91 Å². The second-order valence-corrected chi connectivity index (χ2v) is 7.35. The number of likely N-dealkylation sites (tertiary alicyclic amines) is 1. The number of para-hydroxylation sites is 1. The molecule has 0 saturated carbocycles. The van der Waals surface area contributed by atoms with Gasteiger partial charge in [0.25, 0.3) is 11.8 Å². The standard InChI is InChI=1S/C24H21N5O3/c1-2-16(12-25)24(31)28-13-18(14-28)29-15-21(23(26)30)22(27-29)17-8-10-20(11-9-17)32-19-6-4-3-5-7-19/h2-11,15,18H,13-14H2,1H3,(H2,26,30). The molecule has 2 heterocycles. The molecular weight excluding hydrogens is 406 g/mol. The number of rotatable bonds is 6. The number of hydrogen-bond acceptors (Lipinski definition) is 5. The van der Waals surface area contributed by atoms with E-state index in [0.29, 0.717) is 30.1 Å². The molecule has 0 unspecified atom stereocenters. The Balaban J connectivity index is 1.51. The molecule has 0 bridgehead atoms. The number of hydrogen-bond donors (Lipinski definition) is 1. The summed E-state index contributed by atoms with van der Waals surface area (Å²) in [6, 6.07) is 18.5. The lowest BCUT2D eigenvalue weighted by atomic mass is 10.1. The lowest BCUT2D eigenvalue weighted by Crippen LogP contribution is -2.51. The topological polar surface area (TPSA) is 114 Å². The maximum atomic E-state index is 12.2. The summed E-state index contributed by atoms with van der Waals surface area (Å²) < 4.78 is 7.47. The second kappa shape index (κ2) is 8.78. The van der Waals surface area contributed by atoms with Gasteiger partial charge in [-0.05, 0) is 43.3 Å². The van der Waals surface area contributed by atoms with Gasteiger partial charge in [-0.2, -0.15) is 10.4 Å². The van der Waals surface area contributed by atoms with Gasteiger partial charge in [0, 0.05) is 24.8 Å². The average molecular weight is 427 g/mol. The quantitative estimate of drug-likeness (QED) is 0.479. The number of aromatic nitrogens is 2. The van der Waals surface area contributed by atoms with Crippen LogP contribution >= 0.6 is 0 Å². The summed E-state index contributed by atoms with van der Waals surface area (Å²) in [4.78, 5) is 25.8. The number of primary amides is 1. The largest absolute Gasteiger partial charge is 0.457 e. The second-order valence-electron chi connectivity index (χ2n) is 7.35. The van der Waals surface area contributed by atoms with Crippen LogP contribution in [0.3, 0.4) is 0 Å². The van der Waals surface area contributed by atoms with Crippen molar-refractivity contribution in [3.8, 4) is 28.8 Å². The van der Waals surface area contributed by atoms with E-state index >= 15 is 0 Å². The van der Waals surface area contributed by atoms with Crippen molar-refractivity contribution in [1.82, 2.24) is 14.7 Å². The monoisotopic (exact) mass is 427 g/mol. The van der Waals surface area contributed by atoms with Crippen molar-refractivity contribution < 1.29 is 14.3 Å². The van der Waals surface area contributed by atoms with Gasteiger partial charge in [-0.1, -0.05) is 24.3 Å². The summed E-state index contributed by atoms with van der Waals surface area (Å²) >= 11 is 0. The Morgan fingerprint density at radius 2 is 1.78 bits per heavy atom. The molecule has 1 saturated heterocycles. The van der Waals surface area contributed by atoms with Crippen LogP contribution in [0.5, 0.6) is 11.5 Å². The first kappa shape index (κ1) is 20.9. The van der Waals surface area contributed by atoms with Crippen LogP contribution in [-0.2, 0) is 4.79 Å². The first-order chi connectivity index (χ1) is 15.5. The van der Waals surface area contributed by atoms with Crippen molar-refractivity contribution in [2.75, 3.05) is 13.1 Å². The van der Waals surface area contributed by atoms with Crippen LogP contribution in [0, 0.1) is 11.3 Å². The smallest absolute Gasteiger partial charge is 0.264 e. The van der Waals surface area contributed by atoms with Crippen molar-refractivity contribution in [1.29, 1.82) is 5.26 Å². The minimum Gasteiger partial charge on any atom is -0.457 e. The van der Waals surface area contributed by atoms with Gasteiger partial charge in [-0.25, -0.2) is 0 Å². The predicted octanol–water partition coefficient (Wildman–Crippen LogP) is 3.29.